The Morgan fingerprint density at radius 3 is 2.82 bits per heavy atom. The van der Waals surface area contributed by atoms with Gasteiger partial charge in [-0.25, -0.2) is 4.98 Å². The van der Waals surface area contributed by atoms with Crippen molar-refractivity contribution in [1.82, 2.24) is 29.9 Å². The Morgan fingerprint density at radius 2 is 2.00 bits per heavy atom. The molecule has 1 aromatic carbocycles. The van der Waals surface area contributed by atoms with E-state index in [-0.39, 0.29) is 11.9 Å². The van der Waals surface area contributed by atoms with Crippen LogP contribution in [0, 0.1) is 0 Å². The maximum atomic E-state index is 11.6. The number of nitrogens with one attached hydrogen (secondary N) is 1. The van der Waals surface area contributed by atoms with Crippen molar-refractivity contribution >= 4 is 33.6 Å². The molecule has 0 bridgehead atoms. The van der Waals surface area contributed by atoms with E-state index < -0.39 is 0 Å². The van der Waals surface area contributed by atoms with Gasteiger partial charge < -0.3 is 15.1 Å². The number of H-pyrrole nitrogens is 1. The molecule has 33 heavy (non-hydrogen) atoms. The van der Waals surface area contributed by atoms with Crippen molar-refractivity contribution < 1.29 is 9.21 Å². The highest BCUT2D eigenvalue weighted by atomic mass is 16.3. The quantitative estimate of drug-likeness (QED) is 0.437. The summed E-state index contributed by atoms with van der Waals surface area (Å²) >= 11 is 0. The zero-order valence-electron chi connectivity index (χ0n) is 18.2. The number of nitrogens with zero attached hydrogens (tertiary/aromatic N) is 5. The zero-order valence-corrected chi connectivity index (χ0v) is 18.2. The molecule has 6 rings (SSSR count). The van der Waals surface area contributed by atoms with Crippen molar-refractivity contribution in [2.75, 3.05) is 18.8 Å². The number of benzene rings is 1. The van der Waals surface area contributed by atoms with Crippen LogP contribution in [0.2, 0.25) is 0 Å². The van der Waals surface area contributed by atoms with Crippen molar-refractivity contribution in [1.29, 1.82) is 0 Å². The number of hydrogen-bond acceptors (Lipinski definition) is 6. The Balaban J connectivity index is 1.38. The summed E-state index contributed by atoms with van der Waals surface area (Å²) in [5.41, 5.74) is 10.5. The molecule has 0 saturated carbocycles. The van der Waals surface area contributed by atoms with E-state index in [1.165, 1.54) is 0 Å². The van der Waals surface area contributed by atoms with E-state index in [0.29, 0.717) is 17.2 Å². The van der Waals surface area contributed by atoms with Crippen LogP contribution in [0.4, 0.5) is 5.82 Å². The van der Waals surface area contributed by atoms with Crippen LogP contribution in [0.3, 0.4) is 0 Å². The first-order chi connectivity index (χ1) is 16.1. The highest BCUT2D eigenvalue weighted by molar-refractivity contribution is 6.02. The maximum absolute atomic E-state index is 11.6. The average molecular weight is 441 g/mol. The Hall–Kier alpha value is -4.14. The molecule has 0 radical (unpaired) electrons. The summed E-state index contributed by atoms with van der Waals surface area (Å²) in [5.74, 6) is 1.19. The summed E-state index contributed by atoms with van der Waals surface area (Å²) in [6.45, 7) is 3.14. The predicted octanol–water partition coefficient (Wildman–Crippen LogP) is 4.00. The summed E-state index contributed by atoms with van der Waals surface area (Å²) in [6, 6.07) is 8.22. The summed E-state index contributed by atoms with van der Waals surface area (Å²) in [7, 11) is 0. The third kappa shape index (κ3) is 3.24. The van der Waals surface area contributed by atoms with Gasteiger partial charge in [-0.3, -0.25) is 14.6 Å². The van der Waals surface area contributed by atoms with Gasteiger partial charge in [0.05, 0.1) is 24.0 Å². The lowest BCUT2D eigenvalue weighted by Crippen LogP contribution is -2.37. The van der Waals surface area contributed by atoms with Gasteiger partial charge in [-0.15, -0.1) is 0 Å². The number of pyridine rings is 1. The lowest BCUT2D eigenvalue weighted by atomic mass is 10.0. The number of nitrogen functional groups attached to an aromatic ring is 1. The Kier molecular flexibility index (Phi) is 4.42. The van der Waals surface area contributed by atoms with Gasteiger partial charge in [-0.05, 0) is 25.0 Å². The van der Waals surface area contributed by atoms with Crippen molar-refractivity contribution in [2.24, 2.45) is 0 Å². The first kappa shape index (κ1) is 19.5. The Bertz CT molecular complexity index is 1490. The third-order valence-electron chi connectivity index (χ3n) is 6.53. The second kappa shape index (κ2) is 7.47. The number of nitrogens with two attached hydrogens (primary N) is 1. The largest absolute Gasteiger partial charge is 0.452 e. The van der Waals surface area contributed by atoms with E-state index in [0.717, 1.165) is 58.9 Å². The van der Waals surface area contributed by atoms with Crippen LogP contribution in [-0.2, 0) is 4.79 Å². The van der Waals surface area contributed by atoms with Gasteiger partial charge in [0.2, 0.25) is 5.91 Å². The number of carbonyl (C=O) groups excluding carboxylic acids is 1. The summed E-state index contributed by atoms with van der Waals surface area (Å²) in [6.07, 6.45) is 9.25. The second-order valence-corrected chi connectivity index (χ2v) is 8.49. The zero-order chi connectivity index (χ0) is 22.5. The van der Waals surface area contributed by atoms with Crippen LogP contribution < -0.4 is 5.73 Å². The van der Waals surface area contributed by atoms with E-state index in [1.54, 1.807) is 19.3 Å². The number of likely N-dealkylation sites (tertiary alicyclic amines) is 1. The minimum Gasteiger partial charge on any atom is -0.452 e. The summed E-state index contributed by atoms with van der Waals surface area (Å²) in [5, 5.41) is 13.6. The van der Waals surface area contributed by atoms with Gasteiger partial charge in [0.15, 0.2) is 11.4 Å². The Labute approximate surface area is 189 Å². The molecule has 1 fully saturated rings. The monoisotopic (exact) mass is 441 g/mol. The topological polar surface area (TPSA) is 119 Å². The molecule has 166 valence electrons. The molecular weight excluding hydrogens is 418 g/mol. The molecule has 0 atom stereocenters. The van der Waals surface area contributed by atoms with Crippen molar-refractivity contribution in [3.05, 3.63) is 49.1 Å². The lowest BCUT2D eigenvalue weighted by molar-refractivity contribution is -0.130. The Morgan fingerprint density at radius 1 is 1.15 bits per heavy atom. The molecule has 9 nitrogen and oxygen atoms in total. The molecule has 1 saturated heterocycles. The number of rotatable bonds is 3. The number of hydrogen-bond donors (Lipinski definition) is 2. The fourth-order valence-corrected chi connectivity index (χ4v) is 4.71. The second-order valence-electron chi connectivity index (χ2n) is 8.49. The molecule has 1 amide bonds. The van der Waals surface area contributed by atoms with E-state index in [4.69, 9.17) is 10.2 Å². The molecule has 0 spiro atoms. The van der Waals surface area contributed by atoms with Gasteiger partial charge in [0.1, 0.15) is 5.76 Å². The van der Waals surface area contributed by atoms with E-state index in [1.807, 2.05) is 46.2 Å². The number of carbonyl (C=O) groups is 1. The molecule has 3 N–H and O–H groups in total. The fraction of sp³-hybridized carbons (Fsp3) is 0.250. The lowest BCUT2D eigenvalue weighted by Gasteiger charge is -2.31. The van der Waals surface area contributed by atoms with Crippen LogP contribution in [0.15, 0.2) is 53.5 Å². The SMILES string of the molecule is CC(=O)N1CCC(n2cc(-c3cnc(N)c4oc(-c5cccc6[nH]ncc56)cc34)cn2)CC1. The molecule has 5 aromatic rings. The molecule has 9 heteroatoms. The fourth-order valence-electron chi connectivity index (χ4n) is 4.71. The molecule has 0 unspecified atom stereocenters. The number of piperidine rings is 1. The molecule has 5 heterocycles. The van der Waals surface area contributed by atoms with Gasteiger partial charge in [0.25, 0.3) is 0 Å². The first-order valence-corrected chi connectivity index (χ1v) is 11.0. The molecular formula is C24H23N7O2. The standard InChI is InChI=1S/C24H23N7O2/c1-14(32)30-7-5-16(6-8-30)31-13-15(10-28-31)19-11-26-24(25)23-18(19)9-22(33-23)17-3-2-4-21-20(17)12-27-29-21/h2-4,9-13,16H,5-8H2,1H3,(H2,25,26)(H,27,29). The van der Waals surface area contributed by atoms with Gasteiger partial charge in [-0.1, -0.05) is 12.1 Å². The van der Waals surface area contributed by atoms with Crippen LogP contribution in [-0.4, -0.2) is 48.9 Å². The van der Waals surface area contributed by atoms with Gasteiger partial charge >= 0.3 is 0 Å². The van der Waals surface area contributed by atoms with E-state index in [9.17, 15) is 4.79 Å². The van der Waals surface area contributed by atoms with Crippen molar-refractivity contribution in [2.45, 2.75) is 25.8 Å². The third-order valence-corrected chi connectivity index (χ3v) is 6.53. The number of fused-ring (bicyclic) bond motifs is 2. The number of furan rings is 1. The molecule has 1 aliphatic rings. The highest BCUT2D eigenvalue weighted by Crippen LogP contribution is 2.38. The van der Waals surface area contributed by atoms with E-state index in [2.05, 4.69) is 20.3 Å². The number of aromatic amines is 1. The number of anilines is 1. The van der Waals surface area contributed by atoms with Crippen LogP contribution in [0.1, 0.15) is 25.8 Å². The van der Waals surface area contributed by atoms with Crippen molar-refractivity contribution in [3.63, 3.8) is 0 Å². The predicted molar refractivity (Wildman–Crippen MR) is 125 cm³/mol. The molecule has 4 aromatic heterocycles. The number of amides is 1. The minimum absolute atomic E-state index is 0.131. The van der Waals surface area contributed by atoms with Crippen LogP contribution in [0.5, 0.6) is 0 Å². The van der Waals surface area contributed by atoms with E-state index >= 15 is 0 Å². The smallest absolute Gasteiger partial charge is 0.219 e. The normalized spacial score (nSPS) is 15.0. The van der Waals surface area contributed by atoms with Crippen LogP contribution in [0.25, 0.3) is 44.3 Å². The van der Waals surface area contributed by atoms with Crippen molar-refractivity contribution in [3.8, 4) is 22.5 Å². The number of aromatic nitrogens is 5. The summed E-state index contributed by atoms with van der Waals surface area (Å²) < 4.78 is 8.19. The molecule has 0 aliphatic carbocycles. The van der Waals surface area contributed by atoms with Crippen LogP contribution >= 0.6 is 0 Å². The van der Waals surface area contributed by atoms with Gasteiger partial charge in [-0.2, -0.15) is 10.2 Å². The maximum Gasteiger partial charge on any atom is 0.219 e. The summed E-state index contributed by atoms with van der Waals surface area (Å²) in [4.78, 5) is 17.9. The minimum atomic E-state index is 0.131. The van der Waals surface area contributed by atoms with Gasteiger partial charge in [0, 0.05) is 59.9 Å². The average Bonchev–Trinajstić information content (AvgIpc) is 3.58. The molecule has 1 aliphatic heterocycles. The first-order valence-electron chi connectivity index (χ1n) is 11.0. The highest BCUT2D eigenvalue weighted by Gasteiger charge is 2.23.